The van der Waals surface area contributed by atoms with Crippen molar-refractivity contribution in [2.45, 2.75) is 18.9 Å². The maximum absolute atomic E-state index is 12.8. The Morgan fingerprint density at radius 2 is 1.87 bits per heavy atom. The van der Waals surface area contributed by atoms with E-state index in [-0.39, 0.29) is 18.1 Å². The lowest BCUT2D eigenvalue weighted by Gasteiger charge is -2.39. The smallest absolute Gasteiger partial charge is 0.460 e. The number of nitrogens with zero attached hydrogens (tertiary/aromatic N) is 2. The number of hydrogen-bond acceptors (Lipinski definition) is 4. The molecule has 1 fully saturated rings. The molecule has 1 aliphatic rings. The van der Waals surface area contributed by atoms with E-state index in [0.717, 1.165) is 10.5 Å². The number of amides is 1. The normalized spacial score (nSPS) is 19.4. The largest absolute Gasteiger partial charge is 0.480 e. The van der Waals surface area contributed by atoms with Gasteiger partial charge in [0.05, 0.1) is 6.54 Å². The van der Waals surface area contributed by atoms with E-state index in [4.69, 9.17) is 9.84 Å². The number of carboxylic acid groups (broad SMARTS) is 1. The Balaban J connectivity index is 1.96. The molecule has 2 rings (SSSR count). The van der Waals surface area contributed by atoms with Gasteiger partial charge >= 0.3 is 18.4 Å². The number of carboxylic acids is 1. The number of aliphatic carboxylic acids is 1. The third kappa shape index (κ3) is 4.35. The first kappa shape index (κ1) is 17.1. The van der Waals surface area contributed by atoms with Gasteiger partial charge in [-0.2, -0.15) is 18.1 Å². The SMILES string of the molecule is O=C(O)C1CN(C(=O)OCc2ccccc2)CCN1C(F)(F)F. The second-order valence-electron chi connectivity index (χ2n) is 5.00. The summed E-state index contributed by atoms with van der Waals surface area (Å²) >= 11 is 0. The zero-order chi connectivity index (χ0) is 17.0. The predicted molar refractivity (Wildman–Crippen MR) is 72.4 cm³/mol. The average molecular weight is 332 g/mol. The zero-order valence-electron chi connectivity index (χ0n) is 12.0. The molecule has 1 aromatic rings. The summed E-state index contributed by atoms with van der Waals surface area (Å²) in [4.78, 5) is 23.8. The molecule has 0 bridgehead atoms. The molecular formula is C14H15F3N2O4. The van der Waals surface area contributed by atoms with E-state index in [0.29, 0.717) is 0 Å². The van der Waals surface area contributed by atoms with Gasteiger partial charge in [-0.1, -0.05) is 30.3 Å². The predicted octanol–water partition coefficient (Wildman–Crippen LogP) is 1.91. The maximum atomic E-state index is 12.8. The molecule has 1 amide bonds. The molecule has 0 aliphatic carbocycles. The Morgan fingerprint density at radius 1 is 1.22 bits per heavy atom. The molecule has 0 saturated carbocycles. The minimum Gasteiger partial charge on any atom is -0.480 e. The first-order valence-corrected chi connectivity index (χ1v) is 6.81. The second-order valence-corrected chi connectivity index (χ2v) is 5.00. The first-order chi connectivity index (χ1) is 10.8. The van der Waals surface area contributed by atoms with Crippen molar-refractivity contribution in [2.24, 2.45) is 0 Å². The van der Waals surface area contributed by atoms with Gasteiger partial charge in [-0.15, -0.1) is 0 Å². The van der Waals surface area contributed by atoms with E-state index in [1.807, 2.05) is 0 Å². The van der Waals surface area contributed by atoms with E-state index in [9.17, 15) is 22.8 Å². The Morgan fingerprint density at radius 3 is 2.43 bits per heavy atom. The van der Waals surface area contributed by atoms with Gasteiger partial charge in [-0.3, -0.25) is 4.79 Å². The van der Waals surface area contributed by atoms with Crippen LogP contribution in [-0.4, -0.2) is 58.9 Å². The molecule has 1 heterocycles. The number of halogens is 3. The van der Waals surface area contributed by atoms with Crippen molar-refractivity contribution >= 4 is 12.1 Å². The van der Waals surface area contributed by atoms with E-state index < -0.39 is 37.5 Å². The van der Waals surface area contributed by atoms with Crippen LogP contribution in [0.4, 0.5) is 18.0 Å². The maximum Gasteiger partial charge on any atom is 0.460 e. The monoisotopic (exact) mass is 332 g/mol. The number of hydrogen-bond donors (Lipinski definition) is 1. The summed E-state index contributed by atoms with van der Waals surface area (Å²) in [5, 5.41) is 8.96. The minimum absolute atomic E-state index is 0.0309. The molecule has 1 atom stereocenters. The third-order valence-corrected chi connectivity index (χ3v) is 3.45. The molecule has 1 aromatic carbocycles. The van der Waals surface area contributed by atoms with Gasteiger partial charge in [0.25, 0.3) is 0 Å². The van der Waals surface area contributed by atoms with Crippen LogP contribution in [0.2, 0.25) is 0 Å². The van der Waals surface area contributed by atoms with Gasteiger partial charge in [0.2, 0.25) is 0 Å². The van der Waals surface area contributed by atoms with Crippen molar-refractivity contribution in [3.8, 4) is 0 Å². The highest BCUT2D eigenvalue weighted by molar-refractivity contribution is 5.76. The van der Waals surface area contributed by atoms with Gasteiger partial charge in [0, 0.05) is 13.1 Å². The van der Waals surface area contributed by atoms with Crippen LogP contribution in [0.5, 0.6) is 0 Å². The van der Waals surface area contributed by atoms with Crippen molar-refractivity contribution in [1.29, 1.82) is 0 Å². The average Bonchev–Trinajstić information content (AvgIpc) is 2.52. The molecule has 1 saturated heterocycles. The Kier molecular flexibility index (Phi) is 5.09. The molecule has 0 aromatic heterocycles. The number of carbonyl (C=O) groups excluding carboxylic acids is 1. The molecule has 23 heavy (non-hydrogen) atoms. The fourth-order valence-corrected chi connectivity index (χ4v) is 2.27. The van der Waals surface area contributed by atoms with Crippen LogP contribution in [0.1, 0.15) is 5.56 Å². The highest BCUT2D eigenvalue weighted by atomic mass is 19.4. The van der Waals surface area contributed by atoms with Gasteiger partial charge in [-0.25, -0.2) is 4.79 Å². The highest BCUT2D eigenvalue weighted by Gasteiger charge is 2.48. The molecular weight excluding hydrogens is 317 g/mol. The number of piperazine rings is 1. The van der Waals surface area contributed by atoms with E-state index in [1.54, 1.807) is 30.3 Å². The van der Waals surface area contributed by atoms with Crippen molar-refractivity contribution in [3.63, 3.8) is 0 Å². The lowest BCUT2D eigenvalue weighted by molar-refractivity contribution is -0.266. The summed E-state index contributed by atoms with van der Waals surface area (Å²) in [7, 11) is 0. The van der Waals surface area contributed by atoms with Gasteiger partial charge < -0.3 is 14.7 Å². The minimum atomic E-state index is -4.76. The molecule has 0 radical (unpaired) electrons. The first-order valence-electron chi connectivity index (χ1n) is 6.81. The molecule has 1 unspecified atom stereocenters. The van der Waals surface area contributed by atoms with Gasteiger partial charge in [0.15, 0.2) is 0 Å². The second kappa shape index (κ2) is 6.86. The molecule has 6 nitrogen and oxygen atoms in total. The third-order valence-electron chi connectivity index (χ3n) is 3.45. The summed E-state index contributed by atoms with van der Waals surface area (Å²) in [5.41, 5.74) is 0.726. The van der Waals surface area contributed by atoms with Gasteiger partial charge in [-0.05, 0) is 5.56 Å². The van der Waals surface area contributed by atoms with Crippen LogP contribution < -0.4 is 0 Å². The Bertz CT molecular complexity index is 565. The van der Waals surface area contributed by atoms with Crippen molar-refractivity contribution < 1.29 is 32.6 Å². The topological polar surface area (TPSA) is 70.1 Å². The summed E-state index contributed by atoms with van der Waals surface area (Å²) in [6.45, 7) is -1.48. The number of carbonyl (C=O) groups is 2. The van der Waals surface area contributed by atoms with E-state index in [2.05, 4.69) is 0 Å². The molecule has 9 heteroatoms. The van der Waals surface area contributed by atoms with Crippen LogP contribution >= 0.6 is 0 Å². The van der Waals surface area contributed by atoms with E-state index in [1.165, 1.54) is 0 Å². The Hall–Kier alpha value is -2.29. The van der Waals surface area contributed by atoms with E-state index >= 15 is 0 Å². The Labute approximate surface area is 130 Å². The summed E-state index contributed by atoms with van der Waals surface area (Å²) in [6.07, 6.45) is -5.59. The van der Waals surface area contributed by atoms with Crippen LogP contribution in [0.25, 0.3) is 0 Å². The number of benzene rings is 1. The van der Waals surface area contributed by atoms with Crippen molar-refractivity contribution in [2.75, 3.05) is 19.6 Å². The molecule has 126 valence electrons. The van der Waals surface area contributed by atoms with Crippen molar-refractivity contribution in [1.82, 2.24) is 9.80 Å². The quantitative estimate of drug-likeness (QED) is 0.857. The highest BCUT2D eigenvalue weighted by Crippen LogP contribution is 2.26. The van der Waals surface area contributed by atoms with Crippen LogP contribution in [0.3, 0.4) is 0 Å². The standard InChI is InChI=1S/C14H15F3N2O4/c15-14(16,17)19-7-6-18(8-11(19)12(20)21)13(22)23-9-10-4-2-1-3-5-10/h1-5,11H,6-9H2,(H,20,21). The van der Waals surface area contributed by atoms with Crippen molar-refractivity contribution in [3.05, 3.63) is 35.9 Å². The fourth-order valence-electron chi connectivity index (χ4n) is 2.27. The molecule has 1 aliphatic heterocycles. The van der Waals surface area contributed by atoms with Crippen LogP contribution in [0, 0.1) is 0 Å². The summed E-state index contributed by atoms with van der Waals surface area (Å²) in [6, 6.07) is 6.92. The fraction of sp³-hybridized carbons (Fsp3) is 0.429. The van der Waals surface area contributed by atoms with Crippen LogP contribution in [-0.2, 0) is 16.1 Å². The summed E-state index contributed by atoms with van der Waals surface area (Å²) < 4.78 is 43.3. The number of alkyl halides is 3. The lowest BCUT2D eigenvalue weighted by Crippen LogP contribution is -2.61. The molecule has 0 spiro atoms. The van der Waals surface area contributed by atoms with Gasteiger partial charge in [0.1, 0.15) is 12.6 Å². The molecule has 1 N–H and O–H groups in total. The zero-order valence-corrected chi connectivity index (χ0v) is 12.0. The summed E-state index contributed by atoms with van der Waals surface area (Å²) in [5.74, 6) is -1.64. The number of rotatable bonds is 3. The lowest BCUT2D eigenvalue weighted by atomic mass is 10.2. The van der Waals surface area contributed by atoms with Crippen LogP contribution in [0.15, 0.2) is 30.3 Å². The number of ether oxygens (including phenoxy) is 1.